The summed E-state index contributed by atoms with van der Waals surface area (Å²) in [6.45, 7) is 18.6. The van der Waals surface area contributed by atoms with Crippen molar-refractivity contribution in [2.24, 2.45) is 37.8 Å². The first-order valence-electron chi connectivity index (χ1n) is 24.2. The number of hydrogen-bond acceptors (Lipinski definition) is 13. The van der Waals surface area contributed by atoms with Gasteiger partial charge in [-0.3, -0.25) is 0 Å². The predicted molar refractivity (Wildman–Crippen MR) is 317 cm³/mol. The first-order valence-corrected chi connectivity index (χ1v) is 31.5. The number of benzene rings is 2. The quantitative estimate of drug-likeness (QED) is 0.0958. The molecular weight excluding hydrogens is 1030 g/mol. The van der Waals surface area contributed by atoms with Crippen LogP contribution in [0.3, 0.4) is 0 Å². The summed E-state index contributed by atoms with van der Waals surface area (Å²) in [6.07, 6.45) is 4.40. The molecule has 0 saturated carbocycles. The standard InChI is InChI=1S/C55H54N6S9/c1-26(2)11-12-30-19-41(33-13-14-34(47-46(33)56-69-57-47)42-22-39-53(66-42)51-37(60(39)9)20-31(63-51)17-27(3)4)65-50(30)55-45(62-25-29(7)8)24-44(68-55)36-16-15-35(48-49(36)59-70-58-48)43-23-40-54(67-43)52-38(61(40)10)21-32(64-52)18-28(5)6/h13-16,19-24,26-29H,11-12,17-18,25H2,1-10H3. The van der Waals surface area contributed by atoms with Crippen LogP contribution in [0, 0.1) is 23.7 Å². The molecule has 0 N–H and O–H groups in total. The number of aromatic nitrogens is 6. The molecular formula is C55H54N6S9. The van der Waals surface area contributed by atoms with Gasteiger partial charge in [0.2, 0.25) is 0 Å². The SMILES string of the molecule is CC(C)CCc1cc(-c2ccc(-c3cc4c(s3)c3sc(CC(C)C)cc3n4C)c3nsnc23)sc1-c1sc(-c2ccc(-c3cc4c(s3)c3sc(CC(C)C)cc3n4C)c3nsnc23)cc1SCC(C)C. The highest BCUT2D eigenvalue weighted by molar-refractivity contribution is 7.99. The molecule has 70 heavy (non-hydrogen) atoms. The largest absolute Gasteiger partial charge is 0.342 e. The number of aryl methyl sites for hydroxylation is 3. The third kappa shape index (κ3) is 8.27. The van der Waals surface area contributed by atoms with Gasteiger partial charge in [0.25, 0.3) is 0 Å². The Morgan fingerprint density at radius 3 is 1.31 bits per heavy atom. The lowest BCUT2D eigenvalue weighted by molar-refractivity contribution is 0.587. The molecule has 0 unspecified atom stereocenters. The molecule has 0 aliphatic heterocycles. The molecule has 0 bridgehead atoms. The second-order valence-corrected chi connectivity index (χ2v) is 29.1. The normalized spacial score (nSPS) is 12.7. The highest BCUT2D eigenvalue weighted by atomic mass is 32.2. The van der Waals surface area contributed by atoms with Gasteiger partial charge in [-0.25, -0.2) is 0 Å². The minimum atomic E-state index is 0.566. The lowest BCUT2D eigenvalue weighted by Crippen LogP contribution is -1.92. The fourth-order valence-corrected chi connectivity index (χ4v) is 20.3. The highest BCUT2D eigenvalue weighted by Gasteiger charge is 2.26. The molecule has 12 rings (SSSR count). The minimum absolute atomic E-state index is 0.566. The van der Waals surface area contributed by atoms with E-state index in [0.717, 1.165) is 53.5 Å². The summed E-state index contributed by atoms with van der Waals surface area (Å²) in [4.78, 5) is 12.1. The van der Waals surface area contributed by atoms with E-state index in [1.807, 2.05) is 79.8 Å². The van der Waals surface area contributed by atoms with Crippen LogP contribution in [0.1, 0.15) is 77.1 Å². The van der Waals surface area contributed by atoms with E-state index in [1.54, 1.807) is 0 Å². The molecule has 0 aliphatic rings. The fraction of sp³-hybridized carbons (Fsp3) is 0.345. The topological polar surface area (TPSA) is 61.4 Å². The van der Waals surface area contributed by atoms with E-state index in [9.17, 15) is 0 Å². The Kier molecular flexibility index (Phi) is 12.6. The van der Waals surface area contributed by atoms with Crippen molar-refractivity contribution in [3.63, 3.8) is 0 Å². The Bertz CT molecular complexity index is 3660. The van der Waals surface area contributed by atoms with Gasteiger partial charge in [0, 0.05) is 81.1 Å². The van der Waals surface area contributed by atoms with Crippen LogP contribution >= 0.6 is 103 Å². The van der Waals surface area contributed by atoms with Crippen LogP contribution in [0.5, 0.6) is 0 Å². The van der Waals surface area contributed by atoms with Gasteiger partial charge in [0.1, 0.15) is 22.1 Å². The number of thiophene rings is 6. The van der Waals surface area contributed by atoms with Crippen LogP contribution in [-0.4, -0.2) is 32.4 Å². The fourth-order valence-electron chi connectivity index (χ4n) is 9.74. The van der Waals surface area contributed by atoms with Crippen LogP contribution < -0.4 is 0 Å². The van der Waals surface area contributed by atoms with Gasteiger partial charge < -0.3 is 9.13 Å². The summed E-state index contributed by atoms with van der Waals surface area (Å²) in [5.74, 6) is 3.50. The molecule has 6 nitrogen and oxygen atoms in total. The highest BCUT2D eigenvalue weighted by Crippen LogP contribution is 2.53. The average molecular weight is 1090 g/mol. The molecule has 0 spiro atoms. The third-order valence-corrected chi connectivity index (χ3v) is 23.3. The van der Waals surface area contributed by atoms with Crippen LogP contribution in [0.2, 0.25) is 0 Å². The molecule has 15 heteroatoms. The average Bonchev–Trinajstić information content (AvgIpc) is 4.17. The van der Waals surface area contributed by atoms with Gasteiger partial charge in [-0.2, -0.15) is 17.5 Å². The number of thioether (sulfide) groups is 1. The van der Waals surface area contributed by atoms with Crippen molar-refractivity contribution in [1.82, 2.24) is 26.6 Å². The van der Waals surface area contributed by atoms with Gasteiger partial charge in [-0.15, -0.1) is 79.8 Å². The maximum absolute atomic E-state index is 5.03. The number of nitrogens with zero attached hydrogens (tertiary/aromatic N) is 6. The Labute approximate surface area is 445 Å². The van der Waals surface area contributed by atoms with Gasteiger partial charge in [-0.05, 0) is 91.3 Å². The number of hydrogen-bond donors (Lipinski definition) is 0. The van der Waals surface area contributed by atoms with E-state index in [-0.39, 0.29) is 0 Å². The van der Waals surface area contributed by atoms with Crippen molar-refractivity contribution < 1.29 is 0 Å². The van der Waals surface area contributed by atoms with Crippen LogP contribution in [0.15, 0.2) is 65.6 Å². The van der Waals surface area contributed by atoms with Crippen molar-refractivity contribution in [3.05, 3.63) is 76.0 Å². The van der Waals surface area contributed by atoms with E-state index in [2.05, 4.69) is 139 Å². The molecule has 10 heterocycles. The van der Waals surface area contributed by atoms with Gasteiger partial charge in [0.15, 0.2) is 0 Å². The van der Waals surface area contributed by atoms with Crippen molar-refractivity contribution in [3.8, 4) is 51.5 Å². The second kappa shape index (κ2) is 18.6. The van der Waals surface area contributed by atoms with E-state index in [4.69, 9.17) is 17.5 Å². The minimum Gasteiger partial charge on any atom is -0.342 e. The first-order chi connectivity index (χ1) is 33.8. The Morgan fingerprint density at radius 1 is 0.457 bits per heavy atom. The molecule has 12 aromatic rings. The zero-order valence-corrected chi connectivity index (χ0v) is 48.3. The number of fused-ring (bicyclic) bond motifs is 8. The summed E-state index contributed by atoms with van der Waals surface area (Å²) in [7, 11) is 4.43. The van der Waals surface area contributed by atoms with Gasteiger partial charge in [-0.1, -0.05) is 79.7 Å². The second-order valence-electron chi connectivity index (χ2n) is 20.5. The van der Waals surface area contributed by atoms with E-state index in [0.29, 0.717) is 23.7 Å². The zero-order chi connectivity index (χ0) is 48.3. The summed E-state index contributed by atoms with van der Waals surface area (Å²) in [5.41, 5.74) is 15.4. The van der Waals surface area contributed by atoms with Crippen LogP contribution in [0.25, 0.3) is 114 Å². The molecule has 2 aromatic carbocycles. The van der Waals surface area contributed by atoms with Gasteiger partial charge >= 0.3 is 0 Å². The van der Waals surface area contributed by atoms with Crippen LogP contribution in [-0.2, 0) is 33.4 Å². The van der Waals surface area contributed by atoms with Crippen molar-refractivity contribution in [1.29, 1.82) is 0 Å². The maximum atomic E-state index is 5.03. The molecule has 358 valence electrons. The summed E-state index contributed by atoms with van der Waals surface area (Å²) in [5, 5.41) is 0. The van der Waals surface area contributed by atoms with E-state index in [1.165, 1.54) is 136 Å². The lowest BCUT2D eigenvalue weighted by Gasteiger charge is -2.08. The monoisotopic (exact) mass is 1090 g/mol. The predicted octanol–water partition coefficient (Wildman–Crippen LogP) is 19.4. The number of rotatable bonds is 15. The summed E-state index contributed by atoms with van der Waals surface area (Å²) < 4.78 is 30.4. The molecule has 0 amide bonds. The molecule has 10 aromatic heterocycles. The Morgan fingerprint density at radius 2 is 0.871 bits per heavy atom. The smallest absolute Gasteiger partial charge is 0.114 e. The Hall–Kier alpha value is -3.77. The van der Waals surface area contributed by atoms with Crippen molar-refractivity contribution in [2.45, 2.75) is 86.0 Å². The molecule has 0 saturated heterocycles. The first kappa shape index (κ1) is 47.2. The summed E-state index contributed by atoms with van der Waals surface area (Å²) >= 11 is 16.2. The molecule has 0 radical (unpaired) electrons. The Balaban J connectivity index is 0.930. The van der Waals surface area contributed by atoms with Crippen LogP contribution in [0.4, 0.5) is 0 Å². The van der Waals surface area contributed by atoms with E-state index >= 15 is 0 Å². The third-order valence-electron chi connectivity index (χ3n) is 13.2. The van der Waals surface area contributed by atoms with Gasteiger partial charge in [0.05, 0.1) is 69.2 Å². The zero-order valence-electron chi connectivity index (χ0n) is 41.0. The summed E-state index contributed by atoms with van der Waals surface area (Å²) in [6, 6.07) is 23.7. The maximum Gasteiger partial charge on any atom is 0.114 e. The van der Waals surface area contributed by atoms with E-state index < -0.39 is 0 Å². The molecule has 0 aliphatic carbocycles. The molecule has 0 fully saturated rings. The van der Waals surface area contributed by atoms with Crippen molar-refractivity contribution >= 4 is 166 Å². The van der Waals surface area contributed by atoms with Crippen molar-refractivity contribution in [2.75, 3.05) is 5.75 Å². The molecule has 0 atom stereocenters. The lowest BCUT2D eigenvalue weighted by atomic mass is 10.0.